The number of aliphatic carboxylic acids is 1. The molecular formula is C12H20O7S. The molecule has 116 valence electrons. The van der Waals surface area contributed by atoms with E-state index in [1.54, 1.807) is 0 Å². The lowest BCUT2D eigenvalue weighted by atomic mass is 9.88. The van der Waals surface area contributed by atoms with Gasteiger partial charge < -0.3 is 5.11 Å². The van der Waals surface area contributed by atoms with Gasteiger partial charge in [-0.2, -0.15) is 8.42 Å². The largest absolute Gasteiger partial charge is 0.481 e. The fraction of sp³-hybridized carbons (Fsp3) is 0.833. The molecule has 2 unspecified atom stereocenters. The van der Waals surface area contributed by atoms with Gasteiger partial charge in [0, 0.05) is 18.8 Å². The van der Waals surface area contributed by atoms with Crippen molar-refractivity contribution in [1.82, 2.24) is 0 Å². The Balaban J connectivity index is 2.22. The topological polar surface area (TPSA) is 118 Å². The number of rotatable bonds is 9. The molecule has 0 aromatic carbocycles. The zero-order valence-electron chi connectivity index (χ0n) is 11.2. The third kappa shape index (κ3) is 6.44. The molecule has 1 saturated carbocycles. The van der Waals surface area contributed by atoms with Gasteiger partial charge in [0.05, 0.1) is 6.61 Å². The summed E-state index contributed by atoms with van der Waals surface area (Å²) in [5.74, 6) is -1.01. The predicted molar refractivity (Wildman–Crippen MR) is 69.4 cm³/mol. The summed E-state index contributed by atoms with van der Waals surface area (Å²) >= 11 is 0. The van der Waals surface area contributed by atoms with Crippen molar-refractivity contribution >= 4 is 22.2 Å². The Hall–Kier alpha value is -0.990. The van der Waals surface area contributed by atoms with Crippen LogP contribution in [0.2, 0.25) is 0 Å². The van der Waals surface area contributed by atoms with Crippen LogP contribution in [0.3, 0.4) is 0 Å². The van der Waals surface area contributed by atoms with E-state index >= 15 is 0 Å². The number of Topliss-reactive ketones (excluding diaryl/α,β-unsaturated/α-hetero) is 1. The number of ketones is 1. The Labute approximate surface area is 118 Å². The zero-order valence-corrected chi connectivity index (χ0v) is 12.0. The quantitative estimate of drug-likeness (QED) is 0.488. The molecule has 1 rings (SSSR count). The van der Waals surface area contributed by atoms with E-state index < -0.39 is 16.4 Å². The Morgan fingerprint density at radius 2 is 2.00 bits per heavy atom. The highest BCUT2D eigenvalue weighted by Crippen LogP contribution is 2.34. The molecule has 0 aliphatic heterocycles. The van der Waals surface area contributed by atoms with Crippen LogP contribution >= 0.6 is 0 Å². The molecule has 0 spiro atoms. The molecule has 2 atom stereocenters. The van der Waals surface area contributed by atoms with Gasteiger partial charge in [0.1, 0.15) is 5.78 Å². The van der Waals surface area contributed by atoms with Crippen molar-refractivity contribution in [3.05, 3.63) is 0 Å². The van der Waals surface area contributed by atoms with Crippen molar-refractivity contribution in [1.29, 1.82) is 0 Å². The van der Waals surface area contributed by atoms with Crippen LogP contribution in [-0.2, 0) is 24.2 Å². The summed E-state index contributed by atoms with van der Waals surface area (Å²) < 4.78 is 33.1. The molecule has 1 aliphatic carbocycles. The number of unbranched alkanes of at least 4 members (excludes halogenated alkanes) is 2. The molecule has 7 nitrogen and oxygen atoms in total. The van der Waals surface area contributed by atoms with Gasteiger partial charge in [0.25, 0.3) is 0 Å². The van der Waals surface area contributed by atoms with Crippen LogP contribution in [0.1, 0.15) is 44.9 Å². The minimum absolute atomic E-state index is 0.0300. The molecule has 20 heavy (non-hydrogen) atoms. The first-order valence-electron chi connectivity index (χ1n) is 6.66. The van der Waals surface area contributed by atoms with Gasteiger partial charge in [-0.25, -0.2) is 4.18 Å². The van der Waals surface area contributed by atoms with Crippen LogP contribution < -0.4 is 0 Å². The van der Waals surface area contributed by atoms with Gasteiger partial charge in [-0.15, -0.1) is 0 Å². The predicted octanol–water partition coefficient (Wildman–Crippen LogP) is 1.44. The summed E-state index contributed by atoms with van der Waals surface area (Å²) in [7, 11) is -4.38. The van der Waals surface area contributed by atoms with Crippen molar-refractivity contribution in [2.75, 3.05) is 6.61 Å². The summed E-state index contributed by atoms with van der Waals surface area (Å²) in [6, 6.07) is 0. The molecule has 0 heterocycles. The summed E-state index contributed by atoms with van der Waals surface area (Å²) in [5, 5.41) is 8.79. The first-order valence-corrected chi connectivity index (χ1v) is 8.02. The number of carbonyl (C=O) groups is 2. The molecular weight excluding hydrogens is 288 g/mol. The molecule has 0 amide bonds. The average Bonchev–Trinajstić information content (AvgIpc) is 2.63. The molecule has 8 heteroatoms. The fourth-order valence-electron chi connectivity index (χ4n) is 2.65. The van der Waals surface area contributed by atoms with Crippen LogP contribution in [0.5, 0.6) is 0 Å². The second-order valence-corrected chi connectivity index (χ2v) is 6.16. The smallest absolute Gasteiger partial charge is 0.397 e. The van der Waals surface area contributed by atoms with Gasteiger partial charge >= 0.3 is 16.4 Å². The lowest BCUT2D eigenvalue weighted by Crippen LogP contribution is -2.17. The first-order chi connectivity index (χ1) is 9.29. The zero-order chi connectivity index (χ0) is 15.2. The fourth-order valence-corrected chi connectivity index (χ4v) is 2.98. The van der Waals surface area contributed by atoms with E-state index in [1.165, 1.54) is 0 Å². The van der Waals surface area contributed by atoms with Gasteiger partial charge in [-0.3, -0.25) is 14.1 Å². The Morgan fingerprint density at radius 3 is 2.60 bits per heavy atom. The van der Waals surface area contributed by atoms with Crippen LogP contribution in [0.15, 0.2) is 0 Å². The first kappa shape index (κ1) is 17.1. The van der Waals surface area contributed by atoms with E-state index in [2.05, 4.69) is 4.18 Å². The SMILES string of the molecule is O=C(O)CC1CCC(=O)C1CCCCCOS(=O)(=O)O. The average molecular weight is 308 g/mol. The van der Waals surface area contributed by atoms with Gasteiger partial charge in [0.15, 0.2) is 0 Å². The molecule has 1 aliphatic rings. The van der Waals surface area contributed by atoms with E-state index in [0.717, 1.165) is 0 Å². The molecule has 0 aromatic heterocycles. The molecule has 0 radical (unpaired) electrons. The van der Waals surface area contributed by atoms with E-state index in [0.29, 0.717) is 38.5 Å². The summed E-state index contributed by atoms with van der Waals surface area (Å²) in [6.07, 6.45) is 3.59. The maximum absolute atomic E-state index is 11.7. The third-order valence-corrected chi connectivity index (χ3v) is 4.04. The highest BCUT2D eigenvalue weighted by atomic mass is 32.3. The number of carbonyl (C=O) groups excluding carboxylic acids is 1. The minimum Gasteiger partial charge on any atom is -0.481 e. The second-order valence-electron chi connectivity index (χ2n) is 5.07. The van der Waals surface area contributed by atoms with E-state index in [-0.39, 0.29) is 30.6 Å². The summed E-state index contributed by atoms with van der Waals surface area (Å²) in [4.78, 5) is 22.4. The van der Waals surface area contributed by atoms with E-state index in [1.807, 2.05) is 0 Å². The summed E-state index contributed by atoms with van der Waals surface area (Å²) in [6.45, 7) is -0.0873. The highest BCUT2D eigenvalue weighted by molar-refractivity contribution is 7.80. The Kier molecular flexibility index (Phi) is 6.57. The van der Waals surface area contributed by atoms with Crippen LogP contribution in [0.25, 0.3) is 0 Å². The van der Waals surface area contributed by atoms with Crippen molar-refractivity contribution in [3.63, 3.8) is 0 Å². The molecule has 2 N–H and O–H groups in total. The standard InChI is InChI=1S/C12H20O7S/c13-11-6-5-9(8-12(14)15)10(11)4-2-1-3-7-19-20(16,17)18/h9-10H,1-8H2,(H,14,15)(H,16,17,18). The van der Waals surface area contributed by atoms with Crippen molar-refractivity contribution in [2.45, 2.75) is 44.9 Å². The molecule has 0 bridgehead atoms. The number of carboxylic acid groups (broad SMARTS) is 1. The molecule has 0 aromatic rings. The monoisotopic (exact) mass is 308 g/mol. The molecule has 1 fully saturated rings. The normalized spacial score (nSPS) is 23.1. The lowest BCUT2D eigenvalue weighted by Gasteiger charge is -2.16. The highest BCUT2D eigenvalue weighted by Gasteiger charge is 2.35. The Morgan fingerprint density at radius 1 is 1.30 bits per heavy atom. The van der Waals surface area contributed by atoms with E-state index in [9.17, 15) is 18.0 Å². The molecule has 0 saturated heterocycles. The van der Waals surface area contributed by atoms with Gasteiger partial charge in [-0.05, 0) is 25.2 Å². The Bertz CT molecular complexity index is 443. The van der Waals surface area contributed by atoms with Crippen molar-refractivity contribution < 1.29 is 31.8 Å². The van der Waals surface area contributed by atoms with Crippen LogP contribution in [-0.4, -0.2) is 36.4 Å². The number of hydrogen-bond donors (Lipinski definition) is 2. The summed E-state index contributed by atoms with van der Waals surface area (Å²) in [5.41, 5.74) is 0. The number of carboxylic acids is 1. The van der Waals surface area contributed by atoms with E-state index in [4.69, 9.17) is 9.66 Å². The second kappa shape index (κ2) is 7.70. The lowest BCUT2D eigenvalue weighted by molar-refractivity contribution is -0.138. The van der Waals surface area contributed by atoms with Crippen LogP contribution in [0.4, 0.5) is 0 Å². The van der Waals surface area contributed by atoms with Crippen molar-refractivity contribution in [2.24, 2.45) is 11.8 Å². The number of hydrogen-bond acceptors (Lipinski definition) is 5. The third-order valence-electron chi connectivity index (χ3n) is 3.57. The van der Waals surface area contributed by atoms with Gasteiger partial charge in [-0.1, -0.05) is 12.8 Å². The minimum atomic E-state index is -4.38. The van der Waals surface area contributed by atoms with Crippen LogP contribution in [0, 0.1) is 11.8 Å². The van der Waals surface area contributed by atoms with Gasteiger partial charge in [0.2, 0.25) is 0 Å². The maximum atomic E-state index is 11.7. The maximum Gasteiger partial charge on any atom is 0.397 e. The van der Waals surface area contributed by atoms with Crippen molar-refractivity contribution in [3.8, 4) is 0 Å².